The van der Waals surface area contributed by atoms with E-state index in [1.165, 1.54) is 11.3 Å². The number of hydrogen-bond acceptors (Lipinski definition) is 5. The van der Waals surface area contributed by atoms with E-state index >= 15 is 0 Å². The summed E-state index contributed by atoms with van der Waals surface area (Å²) in [7, 11) is 1.67. The van der Waals surface area contributed by atoms with E-state index < -0.39 is 0 Å². The van der Waals surface area contributed by atoms with E-state index in [4.69, 9.17) is 4.74 Å². The van der Waals surface area contributed by atoms with Gasteiger partial charge in [-0.2, -0.15) is 0 Å². The molecule has 116 valence electrons. The highest BCUT2D eigenvalue weighted by Gasteiger charge is 2.23. The smallest absolute Gasteiger partial charge is 0.273 e. The number of amides is 1. The van der Waals surface area contributed by atoms with Crippen molar-refractivity contribution in [3.05, 3.63) is 40.3 Å². The van der Waals surface area contributed by atoms with Crippen molar-refractivity contribution in [3.63, 3.8) is 0 Å². The SMILES string of the molecule is COc1ccc(N2CCN(C(=O)c3csc(C)n3)CC2)cc1. The first-order valence-electron chi connectivity index (χ1n) is 7.28. The summed E-state index contributed by atoms with van der Waals surface area (Å²) in [4.78, 5) is 20.8. The summed E-state index contributed by atoms with van der Waals surface area (Å²) in [5.41, 5.74) is 1.73. The number of benzene rings is 1. The molecule has 0 N–H and O–H groups in total. The molecule has 1 aromatic carbocycles. The molecule has 2 aromatic rings. The maximum atomic E-state index is 12.4. The van der Waals surface area contributed by atoms with Crippen LogP contribution in [0.1, 0.15) is 15.5 Å². The third-order valence-corrected chi connectivity index (χ3v) is 4.62. The highest BCUT2D eigenvalue weighted by molar-refractivity contribution is 7.09. The minimum atomic E-state index is 0.0405. The zero-order valence-electron chi connectivity index (χ0n) is 12.8. The molecule has 1 saturated heterocycles. The van der Waals surface area contributed by atoms with Crippen molar-refractivity contribution in [2.45, 2.75) is 6.92 Å². The normalized spacial score (nSPS) is 15.0. The number of aromatic nitrogens is 1. The van der Waals surface area contributed by atoms with Gasteiger partial charge in [0.25, 0.3) is 5.91 Å². The number of carbonyl (C=O) groups excluding carboxylic acids is 1. The Hall–Kier alpha value is -2.08. The van der Waals surface area contributed by atoms with E-state index in [9.17, 15) is 4.79 Å². The van der Waals surface area contributed by atoms with E-state index in [1.54, 1.807) is 7.11 Å². The summed E-state index contributed by atoms with van der Waals surface area (Å²) < 4.78 is 5.18. The zero-order valence-corrected chi connectivity index (χ0v) is 13.6. The summed E-state index contributed by atoms with van der Waals surface area (Å²) >= 11 is 1.52. The second kappa shape index (κ2) is 6.36. The Kier molecular flexibility index (Phi) is 4.29. The number of hydrogen-bond donors (Lipinski definition) is 0. The van der Waals surface area contributed by atoms with E-state index in [1.807, 2.05) is 29.3 Å². The summed E-state index contributed by atoms with van der Waals surface area (Å²) in [5, 5.41) is 2.77. The maximum Gasteiger partial charge on any atom is 0.273 e. The molecule has 22 heavy (non-hydrogen) atoms. The molecular formula is C16H19N3O2S. The minimum absolute atomic E-state index is 0.0405. The van der Waals surface area contributed by atoms with Crippen molar-refractivity contribution in [1.29, 1.82) is 0 Å². The van der Waals surface area contributed by atoms with Gasteiger partial charge in [-0.1, -0.05) is 0 Å². The molecule has 0 bridgehead atoms. The van der Waals surface area contributed by atoms with Gasteiger partial charge < -0.3 is 14.5 Å². The maximum absolute atomic E-state index is 12.4. The fraction of sp³-hybridized carbons (Fsp3) is 0.375. The number of ether oxygens (including phenoxy) is 1. The molecule has 1 aromatic heterocycles. The molecule has 1 fully saturated rings. The number of carbonyl (C=O) groups is 1. The van der Waals surface area contributed by atoms with Crippen molar-refractivity contribution in [2.24, 2.45) is 0 Å². The second-order valence-electron chi connectivity index (χ2n) is 5.23. The molecule has 1 aliphatic rings. The van der Waals surface area contributed by atoms with E-state index in [-0.39, 0.29) is 5.91 Å². The van der Waals surface area contributed by atoms with Crippen molar-refractivity contribution in [1.82, 2.24) is 9.88 Å². The average molecular weight is 317 g/mol. The lowest BCUT2D eigenvalue weighted by Gasteiger charge is -2.35. The Morgan fingerprint density at radius 1 is 1.18 bits per heavy atom. The fourth-order valence-corrected chi connectivity index (χ4v) is 3.17. The molecule has 0 atom stereocenters. The Bertz CT molecular complexity index is 646. The first kappa shape index (κ1) is 14.8. The van der Waals surface area contributed by atoms with Gasteiger partial charge in [-0.15, -0.1) is 11.3 Å². The number of aryl methyl sites for hydroxylation is 1. The highest BCUT2D eigenvalue weighted by atomic mass is 32.1. The van der Waals surface area contributed by atoms with E-state index in [2.05, 4.69) is 22.0 Å². The van der Waals surface area contributed by atoms with Crippen molar-refractivity contribution in [2.75, 3.05) is 38.2 Å². The van der Waals surface area contributed by atoms with Crippen LogP contribution in [-0.4, -0.2) is 49.1 Å². The first-order valence-corrected chi connectivity index (χ1v) is 8.16. The van der Waals surface area contributed by atoms with Crippen molar-refractivity contribution < 1.29 is 9.53 Å². The number of nitrogens with zero attached hydrogens (tertiary/aromatic N) is 3. The van der Waals surface area contributed by atoms with Gasteiger partial charge in [0.15, 0.2) is 0 Å². The zero-order chi connectivity index (χ0) is 15.5. The van der Waals surface area contributed by atoms with Crippen LogP contribution in [0.15, 0.2) is 29.6 Å². The van der Waals surface area contributed by atoms with Crippen LogP contribution in [-0.2, 0) is 0 Å². The number of thiazole rings is 1. The molecule has 0 spiro atoms. The summed E-state index contributed by atoms with van der Waals surface area (Å²) in [6.07, 6.45) is 0. The molecule has 0 unspecified atom stereocenters. The Morgan fingerprint density at radius 2 is 1.86 bits per heavy atom. The van der Waals surface area contributed by atoms with Crippen LogP contribution in [0.2, 0.25) is 0 Å². The van der Waals surface area contributed by atoms with Gasteiger partial charge in [0.2, 0.25) is 0 Å². The van der Waals surface area contributed by atoms with Gasteiger partial charge in [-0.05, 0) is 31.2 Å². The molecule has 1 aliphatic heterocycles. The summed E-state index contributed by atoms with van der Waals surface area (Å²) in [6, 6.07) is 8.04. The molecule has 5 nitrogen and oxygen atoms in total. The Morgan fingerprint density at radius 3 is 2.41 bits per heavy atom. The predicted molar refractivity (Wildman–Crippen MR) is 88.0 cm³/mol. The highest BCUT2D eigenvalue weighted by Crippen LogP contribution is 2.21. The van der Waals surface area contributed by atoms with Crippen LogP contribution < -0.4 is 9.64 Å². The number of rotatable bonds is 3. The van der Waals surface area contributed by atoms with Crippen LogP contribution in [0.3, 0.4) is 0 Å². The van der Waals surface area contributed by atoms with Gasteiger partial charge in [-0.25, -0.2) is 4.98 Å². The molecule has 0 aliphatic carbocycles. The lowest BCUT2D eigenvalue weighted by Crippen LogP contribution is -2.48. The van der Waals surface area contributed by atoms with Crippen molar-refractivity contribution >= 4 is 22.9 Å². The Labute approximate surface area is 134 Å². The molecule has 2 heterocycles. The van der Waals surface area contributed by atoms with Crippen LogP contribution >= 0.6 is 11.3 Å². The van der Waals surface area contributed by atoms with Crippen LogP contribution in [0.5, 0.6) is 5.75 Å². The molecule has 1 amide bonds. The van der Waals surface area contributed by atoms with Crippen molar-refractivity contribution in [3.8, 4) is 5.75 Å². The molecule has 6 heteroatoms. The molecule has 0 saturated carbocycles. The third kappa shape index (κ3) is 3.06. The third-order valence-electron chi connectivity index (χ3n) is 3.84. The lowest BCUT2D eigenvalue weighted by molar-refractivity contribution is 0.0741. The molecule has 3 rings (SSSR count). The van der Waals surface area contributed by atoms with Crippen LogP contribution in [0.4, 0.5) is 5.69 Å². The predicted octanol–water partition coefficient (Wildman–Crippen LogP) is 2.42. The molecular weight excluding hydrogens is 298 g/mol. The lowest BCUT2D eigenvalue weighted by atomic mass is 10.2. The van der Waals surface area contributed by atoms with Gasteiger partial charge in [-0.3, -0.25) is 4.79 Å². The summed E-state index contributed by atoms with van der Waals surface area (Å²) in [6.45, 7) is 5.04. The van der Waals surface area contributed by atoms with E-state index in [0.29, 0.717) is 5.69 Å². The second-order valence-corrected chi connectivity index (χ2v) is 6.29. The van der Waals surface area contributed by atoms with Crippen LogP contribution in [0, 0.1) is 6.92 Å². The number of methoxy groups -OCH3 is 1. The fourth-order valence-electron chi connectivity index (χ4n) is 2.58. The first-order chi connectivity index (χ1) is 10.7. The quantitative estimate of drug-likeness (QED) is 0.872. The number of anilines is 1. The van der Waals surface area contributed by atoms with Gasteiger partial charge in [0, 0.05) is 37.2 Å². The topological polar surface area (TPSA) is 45.7 Å². The number of piperazine rings is 1. The monoisotopic (exact) mass is 317 g/mol. The standard InChI is InChI=1S/C16H19N3O2S/c1-12-17-15(11-22-12)16(20)19-9-7-18(8-10-19)13-3-5-14(21-2)6-4-13/h3-6,11H,7-10H2,1-2H3. The van der Waals surface area contributed by atoms with Gasteiger partial charge >= 0.3 is 0 Å². The minimum Gasteiger partial charge on any atom is -0.497 e. The Balaban J connectivity index is 1.61. The average Bonchev–Trinajstić information content (AvgIpc) is 3.01. The van der Waals surface area contributed by atoms with Gasteiger partial charge in [0.1, 0.15) is 11.4 Å². The van der Waals surface area contributed by atoms with E-state index in [0.717, 1.165) is 42.6 Å². The molecule has 0 radical (unpaired) electrons. The summed E-state index contributed by atoms with van der Waals surface area (Å²) in [5.74, 6) is 0.898. The van der Waals surface area contributed by atoms with Crippen LogP contribution in [0.25, 0.3) is 0 Å². The largest absolute Gasteiger partial charge is 0.497 e. The van der Waals surface area contributed by atoms with Gasteiger partial charge in [0.05, 0.1) is 12.1 Å².